The Morgan fingerprint density at radius 2 is 2.03 bits per heavy atom. The molecule has 35 heavy (non-hydrogen) atoms. The molecule has 3 aromatic heterocycles. The van der Waals surface area contributed by atoms with E-state index in [9.17, 15) is 9.18 Å². The second-order valence-corrected chi connectivity index (χ2v) is 10.3. The molecular weight excluding hydrogens is 445 g/mol. The number of amides is 1. The quantitative estimate of drug-likeness (QED) is 0.456. The molecule has 9 heteroatoms. The van der Waals surface area contributed by atoms with Crippen LogP contribution < -0.4 is 5.32 Å². The number of aryl methyl sites for hydroxylation is 1. The molecule has 1 aromatic carbocycles. The first-order chi connectivity index (χ1) is 16.8. The van der Waals surface area contributed by atoms with Crippen LogP contribution in [0.2, 0.25) is 0 Å². The molecule has 178 valence electrons. The molecule has 4 aromatic rings. The van der Waals surface area contributed by atoms with Gasteiger partial charge in [0.25, 0.3) is 5.91 Å². The fraction of sp³-hybridized carbons (Fsp3) is 0.346. The van der Waals surface area contributed by atoms with E-state index in [0.29, 0.717) is 23.3 Å². The predicted octanol–water partition coefficient (Wildman–Crippen LogP) is 4.69. The number of halogens is 1. The number of carbonyl (C=O) groups excluding carboxylic acids is 1. The van der Waals surface area contributed by atoms with Gasteiger partial charge >= 0.3 is 0 Å². The molecule has 0 spiro atoms. The second-order valence-electron chi connectivity index (χ2n) is 10.3. The number of imidazole rings is 1. The highest BCUT2D eigenvalue weighted by atomic mass is 19.1. The molecule has 8 nitrogen and oxygen atoms in total. The fourth-order valence-corrected chi connectivity index (χ4v) is 4.72. The number of benzene rings is 1. The third-order valence-corrected chi connectivity index (χ3v) is 6.68. The van der Waals surface area contributed by atoms with E-state index >= 15 is 0 Å². The summed E-state index contributed by atoms with van der Waals surface area (Å²) in [6.45, 7) is 7.00. The van der Waals surface area contributed by atoms with Gasteiger partial charge in [-0.15, -0.1) is 10.2 Å². The molecule has 0 unspecified atom stereocenters. The van der Waals surface area contributed by atoms with Crippen molar-refractivity contribution in [2.24, 2.45) is 5.41 Å². The summed E-state index contributed by atoms with van der Waals surface area (Å²) in [6.07, 6.45) is 6.83. The third-order valence-electron chi connectivity index (χ3n) is 6.68. The number of rotatable bonds is 5. The van der Waals surface area contributed by atoms with Crippen molar-refractivity contribution in [1.29, 1.82) is 0 Å². The van der Waals surface area contributed by atoms with Crippen LogP contribution in [0, 0.1) is 18.2 Å². The van der Waals surface area contributed by atoms with Crippen molar-refractivity contribution in [3.8, 4) is 17.2 Å². The zero-order chi connectivity index (χ0) is 24.3. The fourth-order valence-electron chi connectivity index (χ4n) is 4.72. The van der Waals surface area contributed by atoms with Crippen LogP contribution in [0.5, 0.6) is 0 Å². The molecule has 1 N–H and O–H groups in total. The highest BCUT2D eigenvalue weighted by molar-refractivity contribution is 6.04. The summed E-state index contributed by atoms with van der Waals surface area (Å²) in [5, 5.41) is 11.4. The molecule has 2 aliphatic rings. The number of aromatic nitrogens is 6. The van der Waals surface area contributed by atoms with Crippen LogP contribution in [-0.2, 0) is 13.0 Å². The van der Waals surface area contributed by atoms with E-state index in [4.69, 9.17) is 0 Å². The Morgan fingerprint density at radius 1 is 1.20 bits per heavy atom. The standard InChI is InChI=1S/C26H26FN7O/c1-15-9-18(27)17(10-21(15)33-12-20(28-14-33)16-7-8-16)25(35)30-22-6-4-5-19(29-22)24-32-31-23-11-26(2,3)13-34(23)24/h4-6,9-10,12,14,16H,7-8,11,13H2,1-3H3,(H,29,30,35). The molecule has 1 aliphatic heterocycles. The number of nitrogens with one attached hydrogen (secondary N) is 1. The summed E-state index contributed by atoms with van der Waals surface area (Å²) in [7, 11) is 0. The van der Waals surface area contributed by atoms with Gasteiger partial charge < -0.3 is 14.5 Å². The highest BCUT2D eigenvalue weighted by Gasteiger charge is 2.32. The van der Waals surface area contributed by atoms with Gasteiger partial charge in [-0.2, -0.15) is 0 Å². The van der Waals surface area contributed by atoms with Crippen LogP contribution in [0.25, 0.3) is 17.2 Å². The number of hydrogen-bond acceptors (Lipinski definition) is 5. The largest absolute Gasteiger partial charge is 0.309 e. The van der Waals surface area contributed by atoms with E-state index in [1.807, 2.05) is 23.8 Å². The highest BCUT2D eigenvalue weighted by Crippen LogP contribution is 2.39. The Bertz CT molecular complexity index is 1460. The monoisotopic (exact) mass is 471 g/mol. The Balaban J connectivity index is 1.27. The van der Waals surface area contributed by atoms with E-state index in [0.717, 1.165) is 48.6 Å². The zero-order valence-corrected chi connectivity index (χ0v) is 19.9. The molecule has 1 saturated carbocycles. The van der Waals surface area contributed by atoms with Gasteiger partial charge in [-0.3, -0.25) is 4.79 Å². The van der Waals surface area contributed by atoms with E-state index in [1.165, 1.54) is 6.07 Å². The van der Waals surface area contributed by atoms with Crippen LogP contribution in [-0.4, -0.2) is 35.2 Å². The van der Waals surface area contributed by atoms with Crippen LogP contribution in [0.4, 0.5) is 10.2 Å². The SMILES string of the molecule is Cc1cc(F)c(C(=O)Nc2cccc(-c3nnc4n3CC(C)(C)C4)n2)cc1-n1cnc(C2CC2)c1. The average Bonchev–Trinajstić information content (AvgIpc) is 3.29. The summed E-state index contributed by atoms with van der Waals surface area (Å²) < 4.78 is 18.8. The van der Waals surface area contributed by atoms with Crippen LogP contribution in [0.15, 0.2) is 42.9 Å². The second kappa shape index (κ2) is 7.83. The number of anilines is 1. The first-order valence-electron chi connectivity index (χ1n) is 11.8. The van der Waals surface area contributed by atoms with Gasteiger partial charge in [0, 0.05) is 25.1 Å². The number of hydrogen-bond donors (Lipinski definition) is 1. The number of fused-ring (bicyclic) bond motifs is 1. The number of pyridine rings is 1. The number of carbonyl (C=O) groups is 1. The van der Waals surface area contributed by atoms with E-state index < -0.39 is 11.7 Å². The maximum Gasteiger partial charge on any atom is 0.259 e. The smallest absolute Gasteiger partial charge is 0.259 e. The van der Waals surface area contributed by atoms with Crippen LogP contribution >= 0.6 is 0 Å². The minimum Gasteiger partial charge on any atom is -0.309 e. The summed E-state index contributed by atoms with van der Waals surface area (Å²) in [4.78, 5) is 22.1. The Hall–Kier alpha value is -3.88. The Labute approximate surface area is 202 Å². The molecular formula is C26H26FN7O. The lowest BCUT2D eigenvalue weighted by atomic mass is 9.92. The lowest BCUT2D eigenvalue weighted by Crippen LogP contribution is -2.16. The lowest BCUT2D eigenvalue weighted by Gasteiger charge is -2.15. The Morgan fingerprint density at radius 3 is 2.83 bits per heavy atom. The topological polar surface area (TPSA) is 90.5 Å². The van der Waals surface area contributed by atoms with Gasteiger partial charge in [0.2, 0.25) is 0 Å². The van der Waals surface area contributed by atoms with Gasteiger partial charge in [0.05, 0.1) is 23.3 Å². The molecule has 0 bridgehead atoms. The van der Waals surface area contributed by atoms with Gasteiger partial charge in [0.15, 0.2) is 5.82 Å². The predicted molar refractivity (Wildman–Crippen MR) is 129 cm³/mol. The zero-order valence-electron chi connectivity index (χ0n) is 19.9. The lowest BCUT2D eigenvalue weighted by molar-refractivity contribution is 0.102. The van der Waals surface area contributed by atoms with Crippen LogP contribution in [0.3, 0.4) is 0 Å². The molecule has 1 fully saturated rings. The van der Waals surface area contributed by atoms with E-state index in [-0.39, 0.29) is 11.0 Å². The Kier molecular flexibility index (Phi) is 4.84. The summed E-state index contributed by atoms with van der Waals surface area (Å²) in [5.74, 6) is 1.28. The molecule has 0 radical (unpaired) electrons. The maximum absolute atomic E-state index is 14.8. The first-order valence-corrected chi connectivity index (χ1v) is 11.8. The van der Waals surface area contributed by atoms with Crippen molar-refractivity contribution in [2.75, 3.05) is 5.32 Å². The summed E-state index contributed by atoms with van der Waals surface area (Å²) in [6, 6.07) is 8.25. The van der Waals surface area contributed by atoms with Crippen molar-refractivity contribution in [2.45, 2.75) is 52.5 Å². The number of nitrogens with zero attached hydrogens (tertiary/aromatic N) is 6. The normalized spacial score (nSPS) is 16.3. The van der Waals surface area contributed by atoms with Crippen molar-refractivity contribution in [3.05, 3.63) is 71.3 Å². The van der Waals surface area contributed by atoms with Crippen molar-refractivity contribution in [3.63, 3.8) is 0 Å². The van der Waals surface area contributed by atoms with Gasteiger partial charge in [0.1, 0.15) is 23.2 Å². The van der Waals surface area contributed by atoms with Crippen molar-refractivity contribution in [1.82, 2.24) is 29.3 Å². The van der Waals surface area contributed by atoms with Gasteiger partial charge in [-0.05, 0) is 55.0 Å². The van der Waals surface area contributed by atoms with Crippen molar-refractivity contribution >= 4 is 11.7 Å². The average molecular weight is 472 g/mol. The summed E-state index contributed by atoms with van der Waals surface area (Å²) in [5.41, 5.74) is 3.15. The summed E-state index contributed by atoms with van der Waals surface area (Å²) >= 11 is 0. The van der Waals surface area contributed by atoms with E-state index in [1.54, 1.807) is 24.5 Å². The van der Waals surface area contributed by atoms with Gasteiger partial charge in [-0.1, -0.05) is 19.9 Å². The van der Waals surface area contributed by atoms with E-state index in [2.05, 4.69) is 43.9 Å². The minimum absolute atomic E-state index is 0.0513. The van der Waals surface area contributed by atoms with Crippen LogP contribution in [0.1, 0.15) is 60.0 Å². The minimum atomic E-state index is -0.583. The first kappa shape index (κ1) is 21.6. The third kappa shape index (κ3) is 4.00. The molecule has 0 atom stereocenters. The molecule has 1 amide bonds. The van der Waals surface area contributed by atoms with Gasteiger partial charge in [-0.25, -0.2) is 14.4 Å². The molecule has 0 saturated heterocycles. The maximum atomic E-state index is 14.8. The molecule has 1 aliphatic carbocycles. The molecule has 6 rings (SSSR count). The molecule has 4 heterocycles. The van der Waals surface area contributed by atoms with Crippen molar-refractivity contribution < 1.29 is 9.18 Å².